The van der Waals surface area contributed by atoms with Gasteiger partial charge in [0, 0.05) is 0 Å². The molecule has 1 nitrogen and oxygen atoms in total. The third-order valence-corrected chi connectivity index (χ3v) is 0.178. The van der Waals surface area contributed by atoms with Gasteiger partial charge in [-0.2, -0.15) is 0 Å². The van der Waals surface area contributed by atoms with Crippen LogP contribution < -0.4 is 0 Å². The monoisotopic (exact) mass is 76.0 g/mol. The molecule has 0 saturated heterocycles. The van der Waals surface area contributed by atoms with E-state index in [1.54, 1.807) is 13.6 Å². The molecular formula is C2H6BFO. The Bertz CT molecular complexity index is 23.6. The van der Waals surface area contributed by atoms with Crippen LogP contribution in [-0.2, 0) is 4.86 Å². The number of hydrogen-bond donors (Lipinski definition) is 0. The predicted octanol–water partition coefficient (Wildman–Crippen LogP) is 1.14. The highest BCUT2D eigenvalue weighted by atomic mass is 19.3. The number of hydrogen-bond acceptors (Lipinski definition) is 1. The summed E-state index contributed by atoms with van der Waals surface area (Å²) in [5.41, 5.74) is 0. The first-order chi connectivity index (χ1) is 2.27. The van der Waals surface area contributed by atoms with Crippen LogP contribution in [0.5, 0.6) is 0 Å². The summed E-state index contributed by atoms with van der Waals surface area (Å²) in [6, 6.07) is 0. The van der Waals surface area contributed by atoms with Crippen molar-refractivity contribution in [3.8, 4) is 0 Å². The number of rotatable bonds is 1. The van der Waals surface area contributed by atoms with Gasteiger partial charge in [-0.3, -0.25) is 4.86 Å². The van der Waals surface area contributed by atoms with Gasteiger partial charge in [-0.15, -0.1) is 0 Å². The van der Waals surface area contributed by atoms with Gasteiger partial charge in [0.05, 0.1) is 0 Å². The van der Waals surface area contributed by atoms with Gasteiger partial charge in [0.25, 0.3) is 0 Å². The summed E-state index contributed by atoms with van der Waals surface area (Å²) in [5.74, 6) is 0. The van der Waals surface area contributed by atoms with E-state index >= 15 is 0 Å². The van der Waals surface area contributed by atoms with Gasteiger partial charge >= 0.3 is 6.92 Å². The average molecular weight is 75.9 g/mol. The van der Waals surface area contributed by atoms with Crippen molar-refractivity contribution in [3.05, 3.63) is 0 Å². The highest BCUT2D eigenvalue weighted by molar-refractivity contribution is 6.48. The Labute approximate surface area is 31.1 Å². The third kappa shape index (κ3) is 3.95. The first-order valence-electron chi connectivity index (χ1n) is 1.54. The molecule has 0 aromatic rings. The first-order valence-corrected chi connectivity index (χ1v) is 1.54. The highest BCUT2D eigenvalue weighted by Gasteiger charge is 1.94. The molecule has 0 aromatic carbocycles. The lowest BCUT2D eigenvalue weighted by molar-refractivity contribution is -0.00897. The highest BCUT2D eigenvalue weighted by Crippen LogP contribution is 1.79. The maximum atomic E-state index is 10.6. The molecule has 0 fully saturated rings. The van der Waals surface area contributed by atoms with E-state index in [1.807, 2.05) is 0 Å². The van der Waals surface area contributed by atoms with Crippen molar-refractivity contribution in [1.29, 1.82) is 0 Å². The summed E-state index contributed by atoms with van der Waals surface area (Å²) in [5, 5.41) is 0. The van der Waals surface area contributed by atoms with Gasteiger partial charge in [0.2, 0.25) is 0 Å². The Morgan fingerprint density at radius 2 is 1.80 bits per heavy atom. The summed E-state index contributed by atoms with van der Waals surface area (Å²) in [7, 11) is 0. The van der Waals surface area contributed by atoms with Crippen molar-refractivity contribution < 1.29 is 9.39 Å². The molecule has 0 aliphatic rings. The fourth-order valence-corrected chi connectivity index (χ4v) is 0. The molecule has 0 heterocycles. The van der Waals surface area contributed by atoms with Crippen LogP contribution in [-0.4, -0.2) is 6.92 Å². The molecule has 0 rings (SSSR count). The summed E-state index contributed by atoms with van der Waals surface area (Å²) in [6.45, 7) is 2.97. The van der Waals surface area contributed by atoms with Gasteiger partial charge < -0.3 is 0 Å². The Balaban J connectivity index is 2.54. The van der Waals surface area contributed by atoms with E-state index in [0.717, 1.165) is 0 Å². The Morgan fingerprint density at radius 1 is 1.60 bits per heavy atom. The molecule has 0 radical (unpaired) electrons. The van der Waals surface area contributed by atoms with Crippen molar-refractivity contribution in [3.63, 3.8) is 0 Å². The van der Waals surface area contributed by atoms with Crippen molar-refractivity contribution in [2.45, 2.75) is 13.6 Å². The summed E-state index contributed by atoms with van der Waals surface area (Å²) < 4.78 is 10.6. The molecule has 3 heteroatoms. The van der Waals surface area contributed by atoms with Crippen LogP contribution in [0.2, 0.25) is 13.6 Å². The van der Waals surface area contributed by atoms with Gasteiger partial charge in [-0.1, -0.05) is 18.2 Å². The molecule has 0 N–H and O–H groups in total. The van der Waals surface area contributed by atoms with Gasteiger partial charge in [0.1, 0.15) is 0 Å². The quantitative estimate of drug-likeness (QED) is 0.425. The zero-order chi connectivity index (χ0) is 4.28. The van der Waals surface area contributed by atoms with Crippen LogP contribution in [0.3, 0.4) is 0 Å². The van der Waals surface area contributed by atoms with Crippen LogP contribution in [0.15, 0.2) is 0 Å². The molecular weight excluding hydrogens is 69.8 g/mol. The van der Waals surface area contributed by atoms with Gasteiger partial charge in [-0.25, -0.2) is 0 Å². The number of halogens is 1. The summed E-state index contributed by atoms with van der Waals surface area (Å²) in [4.78, 5) is 3.25. The lowest BCUT2D eigenvalue weighted by atomic mass is 9.76. The summed E-state index contributed by atoms with van der Waals surface area (Å²) in [6.07, 6.45) is 0. The molecule has 0 spiro atoms. The van der Waals surface area contributed by atoms with Crippen LogP contribution >= 0.6 is 0 Å². The minimum atomic E-state index is -0.282. The lowest BCUT2D eigenvalue weighted by Crippen LogP contribution is -1.97. The van der Waals surface area contributed by atoms with Crippen LogP contribution in [0, 0.1) is 0 Å². The zero-order valence-corrected chi connectivity index (χ0v) is 3.36. The van der Waals surface area contributed by atoms with Crippen LogP contribution in [0.25, 0.3) is 0 Å². The molecule has 0 amide bonds. The van der Waals surface area contributed by atoms with Crippen molar-refractivity contribution in [2.24, 2.45) is 0 Å². The second-order valence-electron chi connectivity index (χ2n) is 1.14. The third-order valence-electron chi connectivity index (χ3n) is 0.178. The average Bonchev–Trinajstić information content (AvgIpc) is 1.38. The van der Waals surface area contributed by atoms with Crippen LogP contribution in [0.1, 0.15) is 0 Å². The molecule has 0 aliphatic carbocycles. The Morgan fingerprint density at radius 3 is 1.80 bits per heavy atom. The molecule has 0 saturated carbocycles. The fraction of sp³-hybridized carbons (Fsp3) is 1.00. The van der Waals surface area contributed by atoms with E-state index in [4.69, 9.17) is 0 Å². The molecule has 0 aromatic heterocycles. The first kappa shape index (κ1) is 4.95. The molecule has 0 aliphatic heterocycles. The van der Waals surface area contributed by atoms with Gasteiger partial charge in [-0.05, 0) is 0 Å². The van der Waals surface area contributed by atoms with Gasteiger partial charge in [0.15, 0.2) is 0 Å². The lowest BCUT2D eigenvalue weighted by Gasteiger charge is -1.82. The Kier molecular flexibility index (Phi) is 2.19. The molecule has 0 atom stereocenters. The molecule has 30 valence electrons. The van der Waals surface area contributed by atoms with E-state index in [9.17, 15) is 4.53 Å². The van der Waals surface area contributed by atoms with Crippen LogP contribution in [0.4, 0.5) is 4.53 Å². The minimum Gasteiger partial charge on any atom is -0.265 e. The topological polar surface area (TPSA) is 9.23 Å². The van der Waals surface area contributed by atoms with E-state index in [2.05, 4.69) is 4.86 Å². The Hall–Kier alpha value is -0.0451. The van der Waals surface area contributed by atoms with E-state index in [-0.39, 0.29) is 6.92 Å². The SMILES string of the molecule is CB(C)OF. The maximum Gasteiger partial charge on any atom is 0.341 e. The molecule has 0 bridgehead atoms. The standard InChI is InChI=1S/C2H6BFO/c1-3(2)5-4/h1-2H3. The second kappa shape index (κ2) is 2.21. The normalized spacial score (nSPS) is 7.80. The predicted molar refractivity (Wildman–Crippen MR) is 19.7 cm³/mol. The zero-order valence-electron chi connectivity index (χ0n) is 3.36. The summed E-state index contributed by atoms with van der Waals surface area (Å²) >= 11 is 0. The molecule has 5 heavy (non-hydrogen) atoms. The second-order valence-corrected chi connectivity index (χ2v) is 1.14. The smallest absolute Gasteiger partial charge is 0.265 e. The van der Waals surface area contributed by atoms with Crippen molar-refractivity contribution >= 4 is 6.92 Å². The largest absolute Gasteiger partial charge is 0.341 e. The van der Waals surface area contributed by atoms with Crippen molar-refractivity contribution in [1.82, 2.24) is 0 Å². The van der Waals surface area contributed by atoms with E-state index < -0.39 is 0 Å². The van der Waals surface area contributed by atoms with E-state index in [0.29, 0.717) is 0 Å². The fourth-order valence-electron chi connectivity index (χ4n) is 0. The molecule has 0 unspecified atom stereocenters. The minimum absolute atomic E-state index is 0.282. The van der Waals surface area contributed by atoms with Crippen molar-refractivity contribution in [2.75, 3.05) is 0 Å². The van der Waals surface area contributed by atoms with E-state index in [1.165, 1.54) is 0 Å². The maximum absolute atomic E-state index is 10.6.